The number of nitrogens with zero attached hydrogens (tertiary/aromatic N) is 3. The maximum atomic E-state index is 4.36. The highest BCUT2D eigenvalue weighted by atomic mass is 127. The molecule has 2 N–H and O–H groups in total. The summed E-state index contributed by atoms with van der Waals surface area (Å²) in [5.41, 5.74) is 2.43. The Morgan fingerprint density at radius 1 is 1.12 bits per heavy atom. The first kappa shape index (κ1) is 20.3. The van der Waals surface area contributed by atoms with Crippen LogP contribution in [0.3, 0.4) is 0 Å². The van der Waals surface area contributed by atoms with Crippen LogP contribution in [0.5, 0.6) is 0 Å². The Bertz CT molecular complexity index is 609. The second kappa shape index (κ2) is 11.0. The number of anilines is 1. The summed E-state index contributed by atoms with van der Waals surface area (Å²) >= 11 is 0. The van der Waals surface area contributed by atoms with Crippen molar-refractivity contribution in [3.63, 3.8) is 0 Å². The van der Waals surface area contributed by atoms with Gasteiger partial charge in [-0.05, 0) is 30.7 Å². The lowest BCUT2D eigenvalue weighted by atomic mass is 10.3. The van der Waals surface area contributed by atoms with Crippen LogP contribution in [0.1, 0.15) is 12.1 Å². The molecule has 0 bridgehead atoms. The highest BCUT2D eigenvalue weighted by Gasteiger charge is 2.07. The fourth-order valence-corrected chi connectivity index (χ4v) is 2.44. The highest BCUT2D eigenvalue weighted by Crippen LogP contribution is 2.05. The van der Waals surface area contributed by atoms with Gasteiger partial charge in [0.05, 0.1) is 6.54 Å². The van der Waals surface area contributed by atoms with E-state index in [1.807, 2.05) is 25.2 Å². The minimum Gasteiger partial charge on any atom is -0.385 e. The molecule has 0 fully saturated rings. The first-order valence-corrected chi connectivity index (χ1v) is 8.01. The van der Waals surface area contributed by atoms with Crippen molar-refractivity contribution in [2.24, 2.45) is 12.0 Å². The third-order valence-corrected chi connectivity index (χ3v) is 3.76. The molecule has 0 saturated heterocycles. The number of guanidine groups is 1. The summed E-state index contributed by atoms with van der Waals surface area (Å²) in [5, 5.41) is 6.83. The van der Waals surface area contributed by atoms with E-state index in [9.17, 15) is 0 Å². The van der Waals surface area contributed by atoms with E-state index in [0.717, 1.165) is 37.7 Å². The normalized spacial score (nSPS) is 10.9. The molecule has 0 radical (unpaired) electrons. The van der Waals surface area contributed by atoms with E-state index in [2.05, 4.69) is 69.7 Å². The number of nitrogens with one attached hydrogen (secondary N) is 2. The predicted octanol–water partition coefficient (Wildman–Crippen LogP) is 3.15. The van der Waals surface area contributed by atoms with Gasteiger partial charge in [0.2, 0.25) is 0 Å². The zero-order valence-corrected chi connectivity index (χ0v) is 17.0. The summed E-state index contributed by atoms with van der Waals surface area (Å²) in [6, 6.07) is 14.5. The van der Waals surface area contributed by atoms with Crippen molar-refractivity contribution < 1.29 is 0 Å². The third-order valence-electron chi connectivity index (χ3n) is 3.76. The number of hydrogen-bond acceptors (Lipinski definition) is 2. The van der Waals surface area contributed by atoms with E-state index in [4.69, 9.17) is 0 Å². The van der Waals surface area contributed by atoms with Crippen LogP contribution in [-0.4, -0.2) is 42.6 Å². The van der Waals surface area contributed by atoms with Gasteiger partial charge in [0, 0.05) is 51.8 Å². The summed E-state index contributed by atoms with van der Waals surface area (Å²) < 4.78 is 2.13. The van der Waals surface area contributed by atoms with E-state index in [1.165, 1.54) is 5.69 Å². The van der Waals surface area contributed by atoms with Crippen LogP contribution in [0.25, 0.3) is 0 Å². The SMILES string of the molecule is CN=C(NCCCNc1ccccc1)N(C)Cc1cccn1C.I. The van der Waals surface area contributed by atoms with Gasteiger partial charge in [-0.2, -0.15) is 0 Å². The van der Waals surface area contributed by atoms with E-state index in [1.54, 1.807) is 0 Å². The number of aryl methyl sites for hydroxylation is 1. The molecule has 1 heterocycles. The van der Waals surface area contributed by atoms with Crippen molar-refractivity contribution in [1.29, 1.82) is 0 Å². The first-order valence-electron chi connectivity index (χ1n) is 8.01. The van der Waals surface area contributed by atoms with Crippen molar-refractivity contribution in [1.82, 2.24) is 14.8 Å². The first-order chi connectivity index (χ1) is 11.2. The number of benzene rings is 1. The van der Waals surface area contributed by atoms with Crippen LogP contribution >= 0.6 is 24.0 Å². The number of para-hydroxylation sites is 1. The molecule has 24 heavy (non-hydrogen) atoms. The Labute approximate surface area is 162 Å². The van der Waals surface area contributed by atoms with Crippen molar-refractivity contribution in [3.8, 4) is 0 Å². The van der Waals surface area contributed by atoms with Crippen molar-refractivity contribution >= 4 is 35.6 Å². The minimum atomic E-state index is 0. The summed E-state index contributed by atoms with van der Waals surface area (Å²) in [6.45, 7) is 2.67. The van der Waals surface area contributed by atoms with Gasteiger partial charge in [0.15, 0.2) is 5.96 Å². The van der Waals surface area contributed by atoms with Gasteiger partial charge in [-0.15, -0.1) is 24.0 Å². The van der Waals surface area contributed by atoms with Gasteiger partial charge in [-0.1, -0.05) is 18.2 Å². The van der Waals surface area contributed by atoms with E-state index < -0.39 is 0 Å². The molecular formula is C18H28IN5. The smallest absolute Gasteiger partial charge is 0.193 e. The number of rotatable bonds is 7. The Morgan fingerprint density at radius 3 is 2.50 bits per heavy atom. The third kappa shape index (κ3) is 6.43. The predicted molar refractivity (Wildman–Crippen MR) is 113 cm³/mol. The molecule has 0 aliphatic heterocycles. The zero-order chi connectivity index (χ0) is 16.5. The number of aliphatic imine (C=N–C) groups is 1. The lowest BCUT2D eigenvalue weighted by Crippen LogP contribution is -2.39. The number of aromatic nitrogens is 1. The summed E-state index contributed by atoms with van der Waals surface area (Å²) in [4.78, 5) is 6.49. The average molecular weight is 441 g/mol. The number of halogens is 1. The van der Waals surface area contributed by atoms with Crippen molar-refractivity contribution in [2.45, 2.75) is 13.0 Å². The molecule has 6 heteroatoms. The minimum absolute atomic E-state index is 0. The van der Waals surface area contributed by atoms with Gasteiger partial charge >= 0.3 is 0 Å². The monoisotopic (exact) mass is 441 g/mol. The van der Waals surface area contributed by atoms with Crippen LogP contribution in [0, 0.1) is 0 Å². The lowest BCUT2D eigenvalue weighted by molar-refractivity contribution is 0.461. The maximum Gasteiger partial charge on any atom is 0.193 e. The quantitative estimate of drug-likeness (QED) is 0.300. The fraction of sp³-hybridized carbons (Fsp3) is 0.389. The van der Waals surface area contributed by atoms with Gasteiger partial charge < -0.3 is 20.1 Å². The summed E-state index contributed by atoms with van der Waals surface area (Å²) in [6.07, 6.45) is 3.10. The van der Waals surface area contributed by atoms with Crippen molar-refractivity contribution in [3.05, 3.63) is 54.4 Å². The van der Waals surface area contributed by atoms with E-state index in [0.29, 0.717) is 0 Å². The van der Waals surface area contributed by atoms with Gasteiger partial charge in [0.25, 0.3) is 0 Å². The molecule has 1 aromatic heterocycles. The van der Waals surface area contributed by atoms with Gasteiger partial charge in [-0.3, -0.25) is 4.99 Å². The topological polar surface area (TPSA) is 44.6 Å². The molecule has 0 aliphatic carbocycles. The molecule has 0 saturated carbocycles. The van der Waals surface area contributed by atoms with Crippen LogP contribution in [0.4, 0.5) is 5.69 Å². The lowest BCUT2D eigenvalue weighted by Gasteiger charge is -2.22. The molecule has 0 spiro atoms. The Morgan fingerprint density at radius 2 is 1.88 bits per heavy atom. The second-order valence-electron chi connectivity index (χ2n) is 5.59. The standard InChI is InChI=1S/C18H27N5.HI/c1-19-18(23(3)15-17-11-7-14-22(17)2)21-13-8-12-20-16-9-5-4-6-10-16;/h4-7,9-11,14,20H,8,12-13,15H2,1-3H3,(H,19,21);1H. The molecule has 0 atom stereocenters. The molecule has 0 amide bonds. The molecular weight excluding hydrogens is 413 g/mol. The molecule has 2 rings (SSSR count). The molecule has 1 aromatic carbocycles. The van der Waals surface area contributed by atoms with Crippen LogP contribution in [0.15, 0.2) is 53.7 Å². The zero-order valence-electron chi connectivity index (χ0n) is 14.7. The van der Waals surface area contributed by atoms with Crippen LogP contribution in [0.2, 0.25) is 0 Å². The molecule has 0 aliphatic rings. The van der Waals surface area contributed by atoms with Gasteiger partial charge in [0.1, 0.15) is 0 Å². The fourth-order valence-electron chi connectivity index (χ4n) is 2.44. The van der Waals surface area contributed by atoms with Crippen molar-refractivity contribution in [2.75, 3.05) is 32.5 Å². The average Bonchev–Trinajstić information content (AvgIpc) is 2.96. The Balaban J connectivity index is 0.00000288. The summed E-state index contributed by atoms with van der Waals surface area (Å²) in [7, 11) is 5.95. The Hall–Kier alpha value is -1.70. The van der Waals surface area contributed by atoms with E-state index >= 15 is 0 Å². The van der Waals surface area contributed by atoms with Crippen LogP contribution < -0.4 is 10.6 Å². The molecule has 2 aromatic rings. The Kier molecular flexibility index (Phi) is 9.29. The highest BCUT2D eigenvalue weighted by molar-refractivity contribution is 14.0. The van der Waals surface area contributed by atoms with E-state index in [-0.39, 0.29) is 24.0 Å². The number of hydrogen-bond donors (Lipinski definition) is 2. The molecule has 5 nitrogen and oxygen atoms in total. The largest absolute Gasteiger partial charge is 0.385 e. The molecule has 132 valence electrons. The maximum absolute atomic E-state index is 4.36. The molecule has 0 unspecified atom stereocenters. The second-order valence-corrected chi connectivity index (χ2v) is 5.59. The summed E-state index contributed by atoms with van der Waals surface area (Å²) in [5.74, 6) is 0.922. The van der Waals surface area contributed by atoms with Crippen LogP contribution in [-0.2, 0) is 13.6 Å². The van der Waals surface area contributed by atoms with Gasteiger partial charge in [-0.25, -0.2) is 0 Å².